The number of hydrogen-bond acceptors (Lipinski definition) is 6. The molecule has 7 nitrogen and oxygen atoms in total. The highest BCUT2D eigenvalue weighted by molar-refractivity contribution is 5.97. The summed E-state index contributed by atoms with van der Waals surface area (Å²) in [5.41, 5.74) is 3.27. The number of aromatic amines is 1. The van der Waals surface area contributed by atoms with Crippen LogP contribution < -0.4 is 10.1 Å². The van der Waals surface area contributed by atoms with Crippen LogP contribution in [-0.2, 0) is 19.1 Å². The summed E-state index contributed by atoms with van der Waals surface area (Å²) >= 11 is 0. The number of rotatable bonds is 5. The van der Waals surface area contributed by atoms with Crippen LogP contribution in [0.5, 0.6) is 5.75 Å². The van der Waals surface area contributed by atoms with E-state index in [0.717, 1.165) is 16.9 Å². The summed E-state index contributed by atoms with van der Waals surface area (Å²) in [6, 6.07) is 12.5. The van der Waals surface area contributed by atoms with Crippen molar-refractivity contribution < 1.29 is 28.2 Å². The Bertz CT molecular complexity index is 1440. The van der Waals surface area contributed by atoms with Gasteiger partial charge in [0.2, 0.25) is 0 Å². The summed E-state index contributed by atoms with van der Waals surface area (Å²) in [5.74, 6) is -1.05. The second-order valence-electron chi connectivity index (χ2n) is 10.8. The number of ether oxygens (including phenoxy) is 3. The molecule has 3 aromatic rings. The van der Waals surface area contributed by atoms with E-state index < -0.39 is 17.8 Å². The Labute approximate surface area is 226 Å². The van der Waals surface area contributed by atoms with Gasteiger partial charge in [-0.3, -0.25) is 4.79 Å². The highest BCUT2D eigenvalue weighted by Crippen LogP contribution is 2.49. The van der Waals surface area contributed by atoms with E-state index in [1.165, 1.54) is 6.07 Å². The normalized spacial score (nSPS) is 25.8. The number of methoxy groups -OCH3 is 1. The number of ketones is 1. The molecule has 0 bridgehead atoms. The van der Waals surface area contributed by atoms with Gasteiger partial charge < -0.3 is 24.5 Å². The number of halogens is 1. The molecule has 2 aliphatic heterocycles. The number of H-pyrrole nitrogens is 1. The smallest absolute Gasteiger partial charge is 0.336 e. The fourth-order valence-corrected chi connectivity index (χ4v) is 6.77. The van der Waals surface area contributed by atoms with E-state index in [-0.39, 0.29) is 29.7 Å². The molecule has 2 fully saturated rings. The van der Waals surface area contributed by atoms with E-state index in [0.29, 0.717) is 61.1 Å². The van der Waals surface area contributed by atoms with Crippen molar-refractivity contribution in [2.24, 2.45) is 5.92 Å². The number of fused-ring (bicyclic) bond motifs is 2. The summed E-state index contributed by atoms with van der Waals surface area (Å²) in [6.07, 6.45) is 3.76. The first kappa shape index (κ1) is 25.6. The van der Waals surface area contributed by atoms with Crippen LogP contribution in [0.4, 0.5) is 4.39 Å². The van der Waals surface area contributed by atoms with Gasteiger partial charge in [-0.05, 0) is 48.6 Å². The maximum Gasteiger partial charge on any atom is 0.336 e. The van der Waals surface area contributed by atoms with Crippen molar-refractivity contribution in [1.29, 1.82) is 0 Å². The van der Waals surface area contributed by atoms with E-state index in [2.05, 4.69) is 10.3 Å². The van der Waals surface area contributed by atoms with Crippen LogP contribution >= 0.6 is 0 Å². The maximum absolute atomic E-state index is 14.7. The van der Waals surface area contributed by atoms with Crippen molar-refractivity contribution in [1.82, 2.24) is 10.3 Å². The molecule has 6 rings (SSSR count). The Morgan fingerprint density at radius 2 is 1.87 bits per heavy atom. The lowest BCUT2D eigenvalue weighted by Gasteiger charge is -2.45. The van der Waals surface area contributed by atoms with Gasteiger partial charge in [-0.15, -0.1) is 0 Å². The number of esters is 1. The Kier molecular flexibility index (Phi) is 6.89. The lowest BCUT2D eigenvalue weighted by Crippen LogP contribution is -2.52. The van der Waals surface area contributed by atoms with E-state index in [9.17, 15) is 14.0 Å². The molecular formula is C31H33FN2O5. The van der Waals surface area contributed by atoms with Gasteiger partial charge in [-0.2, -0.15) is 0 Å². The second-order valence-corrected chi connectivity index (χ2v) is 10.8. The van der Waals surface area contributed by atoms with Crippen LogP contribution in [0.2, 0.25) is 0 Å². The minimum absolute atomic E-state index is 0.0212. The van der Waals surface area contributed by atoms with Crippen molar-refractivity contribution in [3.63, 3.8) is 0 Å². The Balaban J connectivity index is 1.42. The number of allylic oxidation sites excluding steroid dienone is 1. The predicted octanol–water partition coefficient (Wildman–Crippen LogP) is 5.13. The quantitative estimate of drug-likeness (QED) is 0.443. The molecule has 1 aliphatic carbocycles. The monoisotopic (exact) mass is 532 g/mol. The zero-order chi connectivity index (χ0) is 27.1. The van der Waals surface area contributed by atoms with E-state index >= 15 is 0 Å². The first-order valence-electron chi connectivity index (χ1n) is 13.6. The minimum atomic E-state index is -0.561. The third-order valence-corrected chi connectivity index (χ3v) is 8.55. The van der Waals surface area contributed by atoms with Crippen molar-refractivity contribution >= 4 is 22.7 Å². The highest BCUT2D eigenvalue weighted by atomic mass is 19.1. The van der Waals surface area contributed by atoms with Crippen LogP contribution in [0.25, 0.3) is 10.9 Å². The van der Waals surface area contributed by atoms with Crippen molar-refractivity contribution in [2.45, 2.75) is 56.6 Å². The molecule has 2 unspecified atom stereocenters. The molecule has 0 radical (unpaired) electrons. The molecular weight excluding hydrogens is 499 g/mol. The van der Waals surface area contributed by atoms with Gasteiger partial charge in [0.1, 0.15) is 23.5 Å². The molecule has 3 heterocycles. The summed E-state index contributed by atoms with van der Waals surface area (Å²) < 4.78 is 31.7. The number of carbonyl (C=O) groups is 2. The van der Waals surface area contributed by atoms with Crippen LogP contribution in [-0.4, -0.2) is 49.2 Å². The Morgan fingerprint density at radius 1 is 1.08 bits per heavy atom. The largest absolute Gasteiger partial charge is 0.496 e. The van der Waals surface area contributed by atoms with E-state index in [1.807, 2.05) is 37.3 Å². The summed E-state index contributed by atoms with van der Waals surface area (Å²) in [6.45, 7) is 2.97. The molecule has 1 saturated heterocycles. The van der Waals surface area contributed by atoms with Gasteiger partial charge in [0.05, 0.1) is 31.4 Å². The van der Waals surface area contributed by atoms with Gasteiger partial charge in [0, 0.05) is 54.4 Å². The maximum atomic E-state index is 14.7. The van der Waals surface area contributed by atoms with Gasteiger partial charge >= 0.3 is 5.97 Å². The highest BCUT2D eigenvalue weighted by Gasteiger charge is 2.49. The van der Waals surface area contributed by atoms with Crippen LogP contribution in [0.3, 0.4) is 0 Å². The molecule has 0 spiro atoms. The molecule has 0 amide bonds. The molecule has 2 N–H and O–H groups in total. The van der Waals surface area contributed by atoms with Crippen LogP contribution in [0, 0.1) is 11.7 Å². The molecule has 39 heavy (non-hydrogen) atoms. The summed E-state index contributed by atoms with van der Waals surface area (Å²) in [4.78, 5) is 30.8. The number of Topliss-reactive ketones (excluding diaryl/α,β-unsaturated/α-hetero) is 1. The Hall–Kier alpha value is -3.65. The SMILES string of the molecule is COc1ccccc1[C@H]1CC(=O)C2C(C1)NC(C)=C(C(=O)OC1CCOCC1)[C@@H]2c1ccc(F)c2[nH]ccc12. The zero-order valence-corrected chi connectivity index (χ0v) is 22.2. The average Bonchev–Trinajstić information content (AvgIpc) is 3.44. The molecule has 4 atom stereocenters. The second kappa shape index (κ2) is 10.5. The van der Waals surface area contributed by atoms with E-state index in [1.54, 1.807) is 19.4 Å². The zero-order valence-electron chi connectivity index (χ0n) is 22.2. The van der Waals surface area contributed by atoms with Crippen molar-refractivity contribution in [3.05, 3.63) is 76.9 Å². The number of para-hydroxylation sites is 1. The van der Waals surface area contributed by atoms with Gasteiger partial charge in [0.25, 0.3) is 0 Å². The molecule has 1 aromatic heterocycles. The Morgan fingerprint density at radius 3 is 2.67 bits per heavy atom. The molecule has 3 aliphatic rings. The van der Waals surface area contributed by atoms with Gasteiger partial charge in [-0.25, -0.2) is 9.18 Å². The third kappa shape index (κ3) is 4.61. The fourth-order valence-electron chi connectivity index (χ4n) is 6.77. The van der Waals surface area contributed by atoms with Crippen molar-refractivity contribution in [2.75, 3.05) is 20.3 Å². The first-order valence-corrected chi connectivity index (χ1v) is 13.6. The van der Waals surface area contributed by atoms with Crippen LogP contribution in [0.1, 0.15) is 55.6 Å². The third-order valence-electron chi connectivity index (χ3n) is 8.55. The standard InChI is InChI=1S/C31H33FN2O5/c1-17-27(31(36)39-19-10-13-38-14-11-19)28(21-7-8-23(32)30-22(21)9-12-33-30)29-24(34-17)15-18(16-25(29)35)20-5-3-4-6-26(20)37-2/h3-9,12,18-19,24,28-29,33-34H,10-11,13-16H2,1-2H3/t18-,24?,28+,29?/m1/s1. The lowest BCUT2D eigenvalue weighted by molar-refractivity contribution is -0.149. The number of benzene rings is 2. The molecule has 204 valence electrons. The molecule has 1 saturated carbocycles. The first-order chi connectivity index (χ1) is 19.0. The van der Waals surface area contributed by atoms with E-state index in [4.69, 9.17) is 14.2 Å². The topological polar surface area (TPSA) is 89.7 Å². The minimum Gasteiger partial charge on any atom is -0.496 e. The summed E-state index contributed by atoms with van der Waals surface area (Å²) in [7, 11) is 1.64. The number of carbonyl (C=O) groups excluding carboxylic acids is 2. The van der Waals surface area contributed by atoms with Gasteiger partial charge in [0.15, 0.2) is 0 Å². The van der Waals surface area contributed by atoms with Gasteiger partial charge in [-0.1, -0.05) is 24.3 Å². The number of hydrogen-bond donors (Lipinski definition) is 2. The summed E-state index contributed by atoms with van der Waals surface area (Å²) in [5, 5.41) is 4.19. The van der Waals surface area contributed by atoms with Crippen LogP contribution in [0.15, 0.2) is 59.9 Å². The van der Waals surface area contributed by atoms with Crippen molar-refractivity contribution in [3.8, 4) is 5.75 Å². The molecule has 8 heteroatoms. The predicted molar refractivity (Wildman–Crippen MR) is 144 cm³/mol. The number of aromatic nitrogens is 1. The lowest BCUT2D eigenvalue weighted by atomic mass is 9.64. The molecule has 2 aromatic carbocycles. The average molecular weight is 533 g/mol. The fraction of sp³-hybridized carbons (Fsp3) is 0.419. The number of nitrogens with one attached hydrogen (secondary N) is 2.